The van der Waals surface area contributed by atoms with Gasteiger partial charge in [0.25, 0.3) is 5.91 Å². The summed E-state index contributed by atoms with van der Waals surface area (Å²) in [6.07, 6.45) is 6.24. The molecule has 2 aromatic carbocycles. The van der Waals surface area contributed by atoms with Crippen molar-refractivity contribution >= 4 is 23.0 Å². The predicted molar refractivity (Wildman–Crippen MR) is 117 cm³/mol. The molecule has 0 radical (unpaired) electrons. The first-order valence-corrected chi connectivity index (χ1v) is 10.1. The number of nitrogens with one attached hydrogen (secondary N) is 2. The number of nitrogens with zero attached hydrogens (tertiary/aromatic N) is 1. The maximum Gasteiger partial charge on any atom is 0.271 e. The first kappa shape index (κ1) is 19.2. The molecular weight excluding hydrogens is 362 g/mol. The minimum atomic E-state index is -0.233. The first-order chi connectivity index (χ1) is 13.9. The van der Waals surface area contributed by atoms with Crippen LogP contribution in [0.15, 0.2) is 47.6 Å². The molecule has 0 fully saturated rings. The maximum absolute atomic E-state index is 12.5. The third-order valence-corrected chi connectivity index (χ3v) is 5.04. The van der Waals surface area contributed by atoms with Gasteiger partial charge in [-0.3, -0.25) is 4.79 Å². The first-order valence-electron chi connectivity index (χ1n) is 10.1. The van der Waals surface area contributed by atoms with Crippen molar-refractivity contribution < 1.29 is 9.53 Å². The van der Waals surface area contributed by atoms with Gasteiger partial charge >= 0.3 is 0 Å². The van der Waals surface area contributed by atoms with Crippen LogP contribution in [-0.4, -0.2) is 22.7 Å². The number of carbonyl (C=O) groups is 1. The summed E-state index contributed by atoms with van der Waals surface area (Å²) in [5.74, 6) is 0.600. The van der Waals surface area contributed by atoms with Crippen LogP contribution in [0.5, 0.6) is 5.75 Å². The summed E-state index contributed by atoms with van der Waals surface area (Å²) in [6, 6.07) is 13.4. The molecule has 2 N–H and O–H groups in total. The van der Waals surface area contributed by atoms with Gasteiger partial charge in [0.05, 0.1) is 6.21 Å². The van der Waals surface area contributed by atoms with Crippen molar-refractivity contribution in [2.45, 2.75) is 52.1 Å². The number of hydrazone groups is 1. The summed E-state index contributed by atoms with van der Waals surface area (Å²) in [5.41, 5.74) is 7.69. The Hall–Kier alpha value is -3.08. The number of benzene rings is 2. The fourth-order valence-electron chi connectivity index (χ4n) is 3.75. The van der Waals surface area contributed by atoms with E-state index in [0.29, 0.717) is 5.56 Å². The van der Waals surface area contributed by atoms with Crippen LogP contribution >= 0.6 is 0 Å². The second kappa shape index (κ2) is 7.74. The van der Waals surface area contributed by atoms with E-state index >= 15 is 0 Å². The summed E-state index contributed by atoms with van der Waals surface area (Å²) in [6.45, 7) is 6.04. The fourth-order valence-corrected chi connectivity index (χ4v) is 3.75. The van der Waals surface area contributed by atoms with Crippen molar-refractivity contribution in [3.05, 3.63) is 64.8 Å². The highest BCUT2D eigenvalue weighted by Gasteiger charge is 2.16. The predicted octanol–water partition coefficient (Wildman–Crippen LogP) is 4.99. The lowest BCUT2D eigenvalue weighted by Crippen LogP contribution is -2.22. The van der Waals surface area contributed by atoms with Gasteiger partial charge in [-0.25, -0.2) is 5.43 Å². The Morgan fingerprint density at radius 2 is 1.86 bits per heavy atom. The van der Waals surface area contributed by atoms with Gasteiger partial charge in [0, 0.05) is 22.2 Å². The number of aromatic amines is 1. The zero-order valence-electron chi connectivity index (χ0n) is 17.2. The zero-order valence-corrected chi connectivity index (χ0v) is 17.2. The van der Waals surface area contributed by atoms with E-state index in [-0.39, 0.29) is 11.5 Å². The van der Waals surface area contributed by atoms with Crippen molar-refractivity contribution in [1.29, 1.82) is 0 Å². The number of aryl methyl sites for hydroxylation is 2. The van der Waals surface area contributed by atoms with Crippen molar-refractivity contribution in [2.75, 3.05) is 0 Å². The SMILES string of the molecule is CC(C)(C)Oc1ccc(/C=N\NC(=O)c2ccc3[nH]c4c(c3c2)CCCC4)cc1. The number of amides is 1. The summed E-state index contributed by atoms with van der Waals surface area (Å²) >= 11 is 0. The number of hydrogen-bond acceptors (Lipinski definition) is 3. The number of aromatic nitrogens is 1. The third-order valence-electron chi connectivity index (χ3n) is 5.04. The average Bonchev–Trinajstić information content (AvgIpc) is 3.06. The number of rotatable bonds is 4. The smallest absolute Gasteiger partial charge is 0.271 e. The molecule has 150 valence electrons. The molecule has 29 heavy (non-hydrogen) atoms. The molecule has 0 saturated carbocycles. The summed E-state index contributed by atoms with van der Waals surface area (Å²) in [5, 5.41) is 5.26. The molecule has 0 unspecified atom stereocenters. The van der Waals surface area contributed by atoms with E-state index in [9.17, 15) is 4.79 Å². The fraction of sp³-hybridized carbons (Fsp3) is 0.333. The van der Waals surface area contributed by atoms with Crippen molar-refractivity contribution in [3.63, 3.8) is 0 Å². The quantitative estimate of drug-likeness (QED) is 0.488. The van der Waals surface area contributed by atoms with Crippen LogP contribution < -0.4 is 10.2 Å². The highest BCUT2D eigenvalue weighted by Crippen LogP contribution is 2.29. The Labute approximate surface area is 171 Å². The van der Waals surface area contributed by atoms with E-state index < -0.39 is 0 Å². The monoisotopic (exact) mass is 389 g/mol. The number of ether oxygens (including phenoxy) is 1. The lowest BCUT2D eigenvalue weighted by atomic mass is 9.95. The average molecular weight is 389 g/mol. The Morgan fingerprint density at radius 3 is 2.62 bits per heavy atom. The highest BCUT2D eigenvalue weighted by molar-refractivity contribution is 5.99. The number of hydrogen-bond donors (Lipinski definition) is 2. The third kappa shape index (κ3) is 4.50. The molecule has 5 nitrogen and oxygen atoms in total. The van der Waals surface area contributed by atoms with Gasteiger partial charge in [-0.2, -0.15) is 5.10 Å². The lowest BCUT2D eigenvalue weighted by Gasteiger charge is -2.21. The Morgan fingerprint density at radius 1 is 1.10 bits per heavy atom. The van der Waals surface area contributed by atoms with Crippen molar-refractivity contribution in [2.24, 2.45) is 5.10 Å². The van der Waals surface area contributed by atoms with E-state index in [4.69, 9.17) is 4.74 Å². The molecule has 1 aromatic heterocycles. The van der Waals surface area contributed by atoms with E-state index in [1.54, 1.807) is 6.21 Å². The Bertz CT molecular complexity index is 1060. The van der Waals surface area contributed by atoms with E-state index in [1.807, 2.05) is 63.2 Å². The van der Waals surface area contributed by atoms with Gasteiger partial charge in [-0.1, -0.05) is 0 Å². The molecule has 0 spiro atoms. The van der Waals surface area contributed by atoms with Crippen LogP contribution in [0.3, 0.4) is 0 Å². The molecule has 0 bridgehead atoms. The Kier molecular flexibility index (Phi) is 5.14. The molecule has 5 heteroatoms. The second-order valence-corrected chi connectivity index (χ2v) is 8.53. The molecule has 1 aliphatic rings. The van der Waals surface area contributed by atoms with Gasteiger partial charge in [0.15, 0.2) is 0 Å². The molecule has 3 aromatic rings. The largest absolute Gasteiger partial charge is 0.488 e. The van der Waals surface area contributed by atoms with E-state index in [2.05, 4.69) is 15.5 Å². The van der Waals surface area contributed by atoms with Crippen LogP contribution in [0, 0.1) is 0 Å². The van der Waals surface area contributed by atoms with Crippen LogP contribution in [0.2, 0.25) is 0 Å². The standard InChI is InChI=1S/C24H27N3O2/c1-24(2,3)29-18-11-8-16(9-12-18)15-25-27-23(28)17-10-13-22-20(14-17)19-6-4-5-7-21(19)26-22/h8-15,26H,4-7H2,1-3H3,(H,27,28)/b25-15-. The molecule has 1 amide bonds. The topological polar surface area (TPSA) is 66.5 Å². The molecule has 1 heterocycles. The van der Waals surface area contributed by atoms with Gasteiger partial charge in [0.1, 0.15) is 11.4 Å². The molecule has 0 atom stereocenters. The van der Waals surface area contributed by atoms with E-state index in [1.165, 1.54) is 24.1 Å². The van der Waals surface area contributed by atoms with Gasteiger partial charge in [-0.05, 0) is 100 Å². The molecule has 0 saturated heterocycles. The zero-order chi connectivity index (χ0) is 20.4. The summed E-state index contributed by atoms with van der Waals surface area (Å²) in [7, 11) is 0. The van der Waals surface area contributed by atoms with E-state index in [0.717, 1.165) is 35.1 Å². The highest BCUT2D eigenvalue weighted by atomic mass is 16.5. The summed E-state index contributed by atoms with van der Waals surface area (Å²) < 4.78 is 5.81. The minimum absolute atomic E-state index is 0.207. The minimum Gasteiger partial charge on any atom is -0.488 e. The van der Waals surface area contributed by atoms with Crippen molar-refractivity contribution in [3.8, 4) is 5.75 Å². The van der Waals surface area contributed by atoms with Crippen LogP contribution in [-0.2, 0) is 12.8 Å². The maximum atomic E-state index is 12.5. The van der Waals surface area contributed by atoms with Gasteiger partial charge in [-0.15, -0.1) is 0 Å². The molecule has 1 aliphatic carbocycles. The van der Waals surface area contributed by atoms with Gasteiger partial charge < -0.3 is 9.72 Å². The number of carbonyl (C=O) groups excluding carboxylic acids is 1. The number of fused-ring (bicyclic) bond motifs is 3. The lowest BCUT2D eigenvalue weighted by molar-refractivity contribution is 0.0955. The van der Waals surface area contributed by atoms with Crippen LogP contribution in [0.4, 0.5) is 0 Å². The van der Waals surface area contributed by atoms with Crippen LogP contribution in [0.25, 0.3) is 10.9 Å². The molecule has 4 rings (SSSR count). The summed E-state index contributed by atoms with van der Waals surface area (Å²) in [4.78, 5) is 16.0. The molecule has 0 aliphatic heterocycles. The van der Waals surface area contributed by atoms with Gasteiger partial charge in [0.2, 0.25) is 0 Å². The molecular formula is C24H27N3O2. The number of H-pyrrole nitrogens is 1. The van der Waals surface area contributed by atoms with Crippen LogP contribution in [0.1, 0.15) is 60.8 Å². The van der Waals surface area contributed by atoms with Crippen molar-refractivity contribution in [1.82, 2.24) is 10.4 Å². The normalized spacial score (nSPS) is 14.2. The Balaban J connectivity index is 1.43. The second-order valence-electron chi connectivity index (χ2n) is 8.53.